The molecule has 22 aromatic rings. The fourth-order valence-corrected chi connectivity index (χ4v) is 16.1. The quantitative estimate of drug-likeness (QED) is 0.119. The van der Waals surface area contributed by atoms with E-state index in [4.69, 9.17) is 38.7 Å². The van der Waals surface area contributed by atoms with Crippen molar-refractivity contribution < 1.29 is 8.83 Å². The Morgan fingerprint density at radius 1 is 0.179 bits per heavy atom. The van der Waals surface area contributed by atoms with Crippen molar-refractivity contribution in [1.29, 1.82) is 0 Å². The molecule has 112 heavy (non-hydrogen) atoms. The van der Waals surface area contributed by atoms with Crippen molar-refractivity contribution in [2.75, 3.05) is 0 Å². The van der Waals surface area contributed by atoms with Crippen molar-refractivity contribution in [3.05, 3.63) is 388 Å². The second-order valence-corrected chi connectivity index (χ2v) is 28.0. The minimum Gasteiger partial charge on any atom is -0.455 e. The minimum atomic E-state index is 0.607. The van der Waals surface area contributed by atoms with Crippen molar-refractivity contribution >= 4 is 87.5 Å². The summed E-state index contributed by atoms with van der Waals surface area (Å²) < 4.78 is 17.6. The van der Waals surface area contributed by atoms with Crippen LogP contribution in [-0.4, -0.2) is 39.0 Å². The number of hydrogen-bond donors (Lipinski definition) is 0. The lowest BCUT2D eigenvalue weighted by Gasteiger charge is -2.15. The highest BCUT2D eigenvalue weighted by atomic mass is 16.3. The van der Waals surface area contributed by atoms with Crippen LogP contribution in [0.25, 0.3) is 212 Å². The maximum absolute atomic E-state index is 6.46. The largest absolute Gasteiger partial charge is 0.455 e. The Morgan fingerprint density at radius 2 is 0.500 bits per heavy atom. The van der Waals surface area contributed by atoms with Gasteiger partial charge in [0.15, 0.2) is 34.9 Å². The zero-order chi connectivity index (χ0) is 74.0. The first kappa shape index (κ1) is 65.1. The van der Waals surface area contributed by atoms with Crippen LogP contribution in [-0.2, 0) is 0 Å². The summed E-state index contributed by atoms with van der Waals surface area (Å²) >= 11 is 0. The van der Waals surface area contributed by atoms with Crippen LogP contribution in [0.15, 0.2) is 397 Å². The van der Waals surface area contributed by atoms with Crippen LogP contribution in [0, 0.1) is 0 Å². The Kier molecular flexibility index (Phi) is 16.0. The molecule has 16 aromatic carbocycles. The van der Waals surface area contributed by atoms with Crippen molar-refractivity contribution in [1.82, 2.24) is 39.0 Å². The van der Waals surface area contributed by atoms with Gasteiger partial charge in [0.1, 0.15) is 22.3 Å². The van der Waals surface area contributed by atoms with E-state index in [2.05, 4.69) is 270 Å². The number of rotatable bonds is 12. The number of aromatic nitrogens is 8. The molecule has 0 saturated carbocycles. The summed E-state index contributed by atoms with van der Waals surface area (Å²) in [4.78, 5) is 30.3. The van der Waals surface area contributed by atoms with E-state index in [0.717, 1.165) is 160 Å². The topological polar surface area (TPSA) is 113 Å². The fourth-order valence-electron chi connectivity index (χ4n) is 16.1. The van der Waals surface area contributed by atoms with E-state index in [1.807, 2.05) is 127 Å². The molecule has 6 heterocycles. The van der Waals surface area contributed by atoms with Gasteiger partial charge in [-0.15, -0.1) is 0 Å². The van der Waals surface area contributed by atoms with Crippen molar-refractivity contribution in [3.63, 3.8) is 0 Å². The third-order valence-electron chi connectivity index (χ3n) is 21.4. The van der Waals surface area contributed by atoms with Gasteiger partial charge in [-0.25, -0.2) is 29.9 Å². The molecule has 0 spiro atoms. The van der Waals surface area contributed by atoms with Gasteiger partial charge in [-0.3, -0.25) is 0 Å². The lowest BCUT2D eigenvalue weighted by Crippen LogP contribution is -2.03. The van der Waals surface area contributed by atoms with Gasteiger partial charge < -0.3 is 18.0 Å². The molecule has 6 aromatic heterocycles. The molecule has 0 bridgehead atoms. The predicted octanol–water partition coefficient (Wildman–Crippen LogP) is 26.4. The van der Waals surface area contributed by atoms with Gasteiger partial charge in [0.05, 0.1) is 27.8 Å². The lowest BCUT2D eigenvalue weighted by molar-refractivity contribution is 0.669. The zero-order valence-electron chi connectivity index (χ0n) is 60.3. The summed E-state index contributed by atoms with van der Waals surface area (Å²) in [6, 6.07) is 135. The highest BCUT2D eigenvalue weighted by Gasteiger charge is 2.24. The molecule has 0 radical (unpaired) electrons. The van der Waals surface area contributed by atoms with Crippen LogP contribution in [0.5, 0.6) is 0 Å². The number of hydrogen-bond acceptors (Lipinski definition) is 8. The molecule has 0 saturated heterocycles. The van der Waals surface area contributed by atoms with Crippen LogP contribution in [0.4, 0.5) is 0 Å². The fraction of sp³-hybridized carbons (Fsp3) is 0. The monoisotopic (exact) mass is 1430 g/mol. The number of furan rings is 2. The maximum atomic E-state index is 6.46. The number of benzene rings is 16. The van der Waals surface area contributed by atoms with E-state index < -0.39 is 0 Å². The molecule has 0 aliphatic rings. The third kappa shape index (κ3) is 11.5. The first-order chi connectivity index (χ1) is 55.5. The molecule has 0 aliphatic carbocycles. The van der Waals surface area contributed by atoms with Crippen molar-refractivity contribution in [2.24, 2.45) is 0 Å². The molecule has 0 unspecified atom stereocenters. The average molecular weight is 1430 g/mol. The van der Waals surface area contributed by atoms with Gasteiger partial charge >= 0.3 is 0 Å². The molecule has 22 rings (SSSR count). The summed E-state index contributed by atoms with van der Waals surface area (Å²) in [6.45, 7) is 0. The number of para-hydroxylation sites is 7. The minimum absolute atomic E-state index is 0.607. The van der Waals surface area contributed by atoms with E-state index in [9.17, 15) is 0 Å². The van der Waals surface area contributed by atoms with Crippen LogP contribution in [0.2, 0.25) is 0 Å². The van der Waals surface area contributed by atoms with Crippen LogP contribution < -0.4 is 0 Å². The second-order valence-electron chi connectivity index (χ2n) is 28.0. The predicted molar refractivity (Wildman–Crippen MR) is 457 cm³/mol. The Morgan fingerprint density at radius 3 is 1.01 bits per heavy atom. The van der Waals surface area contributed by atoms with Gasteiger partial charge in [0, 0.05) is 93.3 Å². The van der Waals surface area contributed by atoms with Crippen LogP contribution in [0.1, 0.15) is 0 Å². The standard InChI is InChI=1S/2C51H32N4O/c1-3-14-33(15-4-1)34-26-28-36(29-27-34)50-52-49(35-16-5-2-6-17-35)53-51(54-50)42-20-8-11-24-45(42)55-44-23-10-7-18-39(44)43-32-37(30-31-46(43)55)38-21-13-22-41-40-19-9-12-25-47(40)56-48(38)41;1-3-14-34(15-4-1)49-52-50(35-16-5-2-6-17-35)54-51(53-49)43-21-8-7-18-38(43)33-26-29-37(30-27-33)55-45-24-11-9-19-40(45)44-32-36(28-31-46(44)55)39-22-13-23-42-41-20-10-12-25-47(41)56-48(39)42/h2*1-32H. The molecule has 0 atom stereocenters. The molecule has 0 amide bonds. The molecule has 0 fully saturated rings. The smallest absolute Gasteiger partial charge is 0.166 e. The summed E-state index contributed by atoms with van der Waals surface area (Å²) in [5.74, 6) is 3.77. The van der Waals surface area contributed by atoms with Gasteiger partial charge in [-0.2, -0.15) is 0 Å². The number of nitrogens with zero attached hydrogens (tertiary/aromatic N) is 8. The van der Waals surface area contributed by atoms with E-state index in [1.54, 1.807) is 0 Å². The Hall–Kier alpha value is -15.3. The SMILES string of the molecule is c1ccc(-c2ccc(-c3nc(-c4ccccc4)nc(-c4ccccc4-n4c5ccccc5c5cc(-c6cccc7c6oc6ccccc67)ccc54)n3)cc2)cc1.c1ccc(-c2nc(-c3ccccc3)nc(-c3ccccc3-c3ccc(-n4c5ccccc5c5cc(-c6cccc7c6oc6ccccc67)ccc54)cc3)n2)cc1. The second kappa shape index (κ2) is 27.5. The molecule has 0 N–H and O–H groups in total. The zero-order valence-corrected chi connectivity index (χ0v) is 60.3. The maximum Gasteiger partial charge on any atom is 0.166 e. The summed E-state index contributed by atoms with van der Waals surface area (Å²) in [7, 11) is 0. The molecule has 524 valence electrons. The summed E-state index contributed by atoms with van der Waals surface area (Å²) in [6.07, 6.45) is 0. The van der Waals surface area contributed by atoms with Crippen molar-refractivity contribution in [2.45, 2.75) is 0 Å². The lowest BCUT2D eigenvalue weighted by atomic mass is 9.98. The van der Waals surface area contributed by atoms with Crippen LogP contribution in [0.3, 0.4) is 0 Å². The molecule has 0 aliphatic heterocycles. The number of fused-ring (bicyclic) bond motifs is 12. The molecular formula is C102H64N8O2. The molecule has 10 nitrogen and oxygen atoms in total. The van der Waals surface area contributed by atoms with E-state index >= 15 is 0 Å². The van der Waals surface area contributed by atoms with E-state index in [1.165, 1.54) is 16.3 Å². The Bertz CT molecular complexity index is 7300. The first-order valence-electron chi connectivity index (χ1n) is 37.6. The van der Waals surface area contributed by atoms with E-state index in [-0.39, 0.29) is 0 Å². The summed E-state index contributed by atoms with van der Waals surface area (Å²) in [5.41, 5.74) is 24.6. The van der Waals surface area contributed by atoms with Gasteiger partial charge in [0.2, 0.25) is 0 Å². The molecular weight excluding hydrogens is 1370 g/mol. The third-order valence-corrected chi connectivity index (χ3v) is 21.4. The van der Waals surface area contributed by atoms with Crippen molar-refractivity contribution in [3.8, 4) is 124 Å². The highest BCUT2D eigenvalue weighted by molar-refractivity contribution is 6.15. The highest BCUT2D eigenvalue weighted by Crippen LogP contribution is 2.44. The first-order valence-corrected chi connectivity index (χ1v) is 37.6. The summed E-state index contributed by atoms with van der Waals surface area (Å²) in [5, 5.41) is 9.22. The average Bonchev–Trinajstić information content (AvgIpc) is 1.58. The molecule has 10 heteroatoms. The van der Waals surface area contributed by atoms with Gasteiger partial charge in [-0.05, 0) is 106 Å². The van der Waals surface area contributed by atoms with Gasteiger partial charge in [-0.1, -0.05) is 315 Å². The Labute approximate surface area is 643 Å². The Balaban J connectivity index is 0.000000141. The van der Waals surface area contributed by atoms with Crippen LogP contribution >= 0.6 is 0 Å². The van der Waals surface area contributed by atoms with E-state index in [0.29, 0.717) is 34.9 Å². The van der Waals surface area contributed by atoms with Gasteiger partial charge in [0.25, 0.3) is 0 Å². The normalized spacial score (nSPS) is 11.6.